The van der Waals surface area contributed by atoms with Crippen LogP contribution in [0, 0.1) is 6.92 Å². The van der Waals surface area contributed by atoms with E-state index in [1.54, 1.807) is 6.26 Å². The van der Waals surface area contributed by atoms with Crippen molar-refractivity contribution in [3.63, 3.8) is 0 Å². The summed E-state index contributed by atoms with van der Waals surface area (Å²) in [7, 11) is 1.95. The summed E-state index contributed by atoms with van der Waals surface area (Å²) in [5, 5.41) is 7.86. The van der Waals surface area contributed by atoms with Gasteiger partial charge < -0.3 is 9.73 Å². The Hall–Kier alpha value is -1.55. The Morgan fingerprint density at radius 3 is 2.67 bits per heavy atom. The molecular formula is C14H21N3O. The Morgan fingerprint density at radius 2 is 2.17 bits per heavy atom. The summed E-state index contributed by atoms with van der Waals surface area (Å²) in [4.78, 5) is 0. The van der Waals surface area contributed by atoms with Gasteiger partial charge in [0.2, 0.25) is 0 Å². The number of hydrogen-bond acceptors (Lipinski definition) is 3. The molecule has 2 heterocycles. The van der Waals surface area contributed by atoms with E-state index in [2.05, 4.69) is 37.3 Å². The van der Waals surface area contributed by atoms with E-state index in [0.29, 0.717) is 6.04 Å². The Labute approximate surface area is 108 Å². The number of rotatable bonds is 5. The summed E-state index contributed by atoms with van der Waals surface area (Å²) < 4.78 is 7.53. The zero-order valence-corrected chi connectivity index (χ0v) is 11.5. The van der Waals surface area contributed by atoms with Gasteiger partial charge in [0.25, 0.3) is 0 Å². The standard InChI is InChI=1S/C14H21N3O/c1-10(2)17-7-5-12(16-17)9-13(15-4)14-11(3)6-8-18-14/h5-8,10,13,15H,9H2,1-4H3. The zero-order valence-electron chi connectivity index (χ0n) is 11.5. The molecule has 0 saturated heterocycles. The predicted octanol–water partition coefficient (Wildman–Crippen LogP) is 2.87. The molecule has 0 aliphatic rings. The van der Waals surface area contributed by atoms with Crippen LogP contribution in [-0.2, 0) is 6.42 Å². The van der Waals surface area contributed by atoms with Crippen molar-refractivity contribution in [2.45, 2.75) is 39.3 Å². The van der Waals surface area contributed by atoms with Gasteiger partial charge in [0.15, 0.2) is 0 Å². The second-order valence-corrected chi connectivity index (χ2v) is 4.89. The third kappa shape index (κ3) is 2.64. The van der Waals surface area contributed by atoms with Gasteiger partial charge in [0, 0.05) is 18.7 Å². The minimum absolute atomic E-state index is 0.176. The van der Waals surface area contributed by atoms with Gasteiger partial charge in [-0.2, -0.15) is 5.10 Å². The minimum Gasteiger partial charge on any atom is -0.467 e. The lowest BCUT2D eigenvalue weighted by atomic mass is 10.1. The maximum atomic E-state index is 5.55. The van der Waals surface area contributed by atoms with E-state index in [4.69, 9.17) is 4.42 Å². The van der Waals surface area contributed by atoms with Crippen LogP contribution in [0.3, 0.4) is 0 Å². The van der Waals surface area contributed by atoms with Gasteiger partial charge in [0.05, 0.1) is 18.0 Å². The third-order valence-electron chi connectivity index (χ3n) is 3.17. The molecule has 4 nitrogen and oxygen atoms in total. The first kappa shape index (κ1) is 12.9. The quantitative estimate of drug-likeness (QED) is 0.883. The number of aromatic nitrogens is 2. The molecule has 4 heteroatoms. The van der Waals surface area contributed by atoms with Crippen LogP contribution in [-0.4, -0.2) is 16.8 Å². The number of furan rings is 1. The largest absolute Gasteiger partial charge is 0.467 e. The van der Waals surface area contributed by atoms with Gasteiger partial charge in [-0.15, -0.1) is 0 Å². The van der Waals surface area contributed by atoms with Crippen molar-refractivity contribution in [3.05, 3.63) is 41.6 Å². The molecule has 0 fully saturated rings. The zero-order chi connectivity index (χ0) is 13.1. The lowest BCUT2D eigenvalue weighted by Crippen LogP contribution is -2.19. The lowest BCUT2D eigenvalue weighted by Gasteiger charge is -2.13. The molecule has 18 heavy (non-hydrogen) atoms. The molecule has 0 spiro atoms. The maximum Gasteiger partial charge on any atom is 0.123 e. The summed E-state index contributed by atoms with van der Waals surface area (Å²) in [6.45, 7) is 6.32. The van der Waals surface area contributed by atoms with E-state index in [-0.39, 0.29) is 6.04 Å². The molecule has 1 atom stereocenters. The molecule has 0 amide bonds. The summed E-state index contributed by atoms with van der Waals surface area (Å²) in [5.41, 5.74) is 2.26. The molecule has 0 aliphatic heterocycles. The van der Waals surface area contributed by atoms with E-state index < -0.39 is 0 Å². The highest BCUT2D eigenvalue weighted by Crippen LogP contribution is 2.22. The monoisotopic (exact) mass is 247 g/mol. The van der Waals surface area contributed by atoms with Gasteiger partial charge >= 0.3 is 0 Å². The van der Waals surface area contributed by atoms with Crippen LogP contribution in [0.4, 0.5) is 0 Å². The van der Waals surface area contributed by atoms with Gasteiger partial charge in [-0.3, -0.25) is 4.68 Å². The van der Waals surface area contributed by atoms with Crippen molar-refractivity contribution in [1.29, 1.82) is 0 Å². The first-order chi connectivity index (χ1) is 8.61. The van der Waals surface area contributed by atoms with Crippen LogP contribution in [0.2, 0.25) is 0 Å². The Balaban J connectivity index is 2.13. The van der Waals surface area contributed by atoms with E-state index in [1.807, 2.05) is 24.0 Å². The molecular weight excluding hydrogens is 226 g/mol. The van der Waals surface area contributed by atoms with Gasteiger partial charge in [-0.05, 0) is 45.5 Å². The topological polar surface area (TPSA) is 43.0 Å². The summed E-state index contributed by atoms with van der Waals surface area (Å²) >= 11 is 0. The Bertz CT molecular complexity index is 499. The number of likely N-dealkylation sites (N-methyl/N-ethyl adjacent to an activating group) is 1. The second-order valence-electron chi connectivity index (χ2n) is 4.89. The number of nitrogens with zero attached hydrogens (tertiary/aromatic N) is 2. The second kappa shape index (κ2) is 5.40. The molecule has 1 unspecified atom stereocenters. The third-order valence-corrected chi connectivity index (χ3v) is 3.17. The smallest absolute Gasteiger partial charge is 0.123 e. The van der Waals surface area contributed by atoms with Gasteiger partial charge in [-0.1, -0.05) is 0 Å². The lowest BCUT2D eigenvalue weighted by molar-refractivity contribution is 0.421. The molecule has 1 N–H and O–H groups in total. The molecule has 2 aromatic rings. The van der Waals surface area contributed by atoms with Gasteiger partial charge in [-0.25, -0.2) is 0 Å². The van der Waals surface area contributed by atoms with E-state index >= 15 is 0 Å². The van der Waals surface area contributed by atoms with Crippen LogP contribution in [0.15, 0.2) is 29.0 Å². The van der Waals surface area contributed by atoms with Crippen LogP contribution >= 0.6 is 0 Å². The van der Waals surface area contributed by atoms with Crippen LogP contribution in [0.5, 0.6) is 0 Å². The molecule has 0 saturated carbocycles. The fourth-order valence-electron chi connectivity index (χ4n) is 2.05. The number of aryl methyl sites for hydroxylation is 1. The maximum absolute atomic E-state index is 5.55. The summed E-state index contributed by atoms with van der Waals surface area (Å²) in [6.07, 6.45) is 4.61. The highest BCUT2D eigenvalue weighted by Gasteiger charge is 2.17. The molecule has 2 rings (SSSR count). The molecule has 0 radical (unpaired) electrons. The molecule has 2 aromatic heterocycles. The highest BCUT2D eigenvalue weighted by molar-refractivity contribution is 5.20. The Morgan fingerprint density at radius 1 is 1.39 bits per heavy atom. The highest BCUT2D eigenvalue weighted by atomic mass is 16.3. The van der Waals surface area contributed by atoms with E-state index in [9.17, 15) is 0 Å². The van der Waals surface area contributed by atoms with Crippen molar-refractivity contribution in [2.24, 2.45) is 0 Å². The van der Waals surface area contributed by atoms with E-state index in [0.717, 1.165) is 17.9 Å². The normalized spacial score (nSPS) is 13.2. The fraction of sp³-hybridized carbons (Fsp3) is 0.500. The minimum atomic E-state index is 0.176. The van der Waals surface area contributed by atoms with Crippen LogP contribution in [0.25, 0.3) is 0 Å². The van der Waals surface area contributed by atoms with Crippen LogP contribution < -0.4 is 5.32 Å². The van der Waals surface area contributed by atoms with E-state index in [1.165, 1.54) is 5.56 Å². The number of nitrogens with one attached hydrogen (secondary N) is 1. The molecule has 0 aliphatic carbocycles. The Kier molecular flexibility index (Phi) is 3.87. The molecule has 0 bridgehead atoms. The predicted molar refractivity (Wildman–Crippen MR) is 71.6 cm³/mol. The van der Waals surface area contributed by atoms with Crippen molar-refractivity contribution >= 4 is 0 Å². The average molecular weight is 247 g/mol. The molecule has 98 valence electrons. The first-order valence-electron chi connectivity index (χ1n) is 6.37. The van der Waals surface area contributed by atoms with Gasteiger partial charge in [0.1, 0.15) is 5.76 Å². The van der Waals surface area contributed by atoms with Crippen molar-refractivity contribution in [3.8, 4) is 0 Å². The number of hydrogen-bond donors (Lipinski definition) is 1. The van der Waals surface area contributed by atoms with Crippen molar-refractivity contribution in [2.75, 3.05) is 7.05 Å². The average Bonchev–Trinajstić information content (AvgIpc) is 2.95. The summed E-state index contributed by atoms with van der Waals surface area (Å²) in [6, 6.07) is 4.64. The SMILES string of the molecule is CNC(Cc1ccn(C(C)C)n1)c1occc1C. The van der Waals surface area contributed by atoms with Crippen LogP contribution in [0.1, 0.15) is 42.9 Å². The summed E-state index contributed by atoms with van der Waals surface area (Å²) in [5.74, 6) is 0.997. The first-order valence-corrected chi connectivity index (χ1v) is 6.37. The molecule has 0 aromatic carbocycles. The van der Waals surface area contributed by atoms with Crippen molar-refractivity contribution in [1.82, 2.24) is 15.1 Å². The van der Waals surface area contributed by atoms with Crippen molar-refractivity contribution < 1.29 is 4.42 Å². The fourth-order valence-corrected chi connectivity index (χ4v) is 2.05.